The van der Waals surface area contributed by atoms with Gasteiger partial charge in [-0.2, -0.15) is 0 Å². The molecule has 0 aliphatic heterocycles. The zero-order chi connectivity index (χ0) is 9.94. The Kier molecular flexibility index (Phi) is 9.35. The van der Waals surface area contributed by atoms with Crippen LogP contribution >= 0.6 is 0 Å². The Morgan fingerprint density at radius 3 is 2.38 bits per heavy atom. The lowest BCUT2D eigenvalue weighted by Crippen LogP contribution is -2.08. The van der Waals surface area contributed by atoms with E-state index in [1.54, 1.807) is 21.3 Å². The third kappa shape index (κ3) is 7.93. The molecule has 0 saturated carbocycles. The van der Waals surface area contributed by atoms with E-state index in [2.05, 4.69) is 0 Å². The van der Waals surface area contributed by atoms with Gasteiger partial charge in [-0.3, -0.25) is 0 Å². The molecule has 78 valence electrons. The molecule has 13 heavy (non-hydrogen) atoms. The van der Waals surface area contributed by atoms with E-state index >= 15 is 0 Å². The van der Waals surface area contributed by atoms with E-state index in [0.29, 0.717) is 13.4 Å². The largest absolute Gasteiger partial charge is 0.359 e. The lowest BCUT2D eigenvalue weighted by Gasteiger charge is -2.07. The highest BCUT2D eigenvalue weighted by atomic mass is 16.7. The van der Waals surface area contributed by atoms with Crippen molar-refractivity contribution in [2.45, 2.75) is 12.7 Å². The summed E-state index contributed by atoms with van der Waals surface area (Å²) < 4.78 is 19.7. The Morgan fingerprint density at radius 2 is 1.85 bits per heavy atom. The normalized spacial score (nSPS) is 11.7. The molecule has 0 rings (SSSR count). The Morgan fingerprint density at radius 1 is 1.15 bits per heavy atom. The van der Waals surface area contributed by atoms with E-state index < -0.39 is 0 Å². The maximum atomic E-state index is 5.08. The molecule has 0 bridgehead atoms. The average molecular weight is 190 g/mol. The second-order valence-corrected chi connectivity index (χ2v) is 2.37. The zero-order valence-electron chi connectivity index (χ0n) is 8.49. The summed E-state index contributed by atoms with van der Waals surface area (Å²) in [6, 6.07) is 0. The van der Waals surface area contributed by atoms with Crippen LogP contribution in [-0.2, 0) is 18.9 Å². The lowest BCUT2D eigenvalue weighted by atomic mass is 10.4. The highest BCUT2D eigenvalue weighted by molar-refractivity contribution is 4.84. The van der Waals surface area contributed by atoms with Crippen LogP contribution in [0.25, 0.3) is 0 Å². The van der Waals surface area contributed by atoms with Gasteiger partial charge in [0.15, 0.2) is 6.29 Å². The number of hydrogen-bond donors (Lipinski definition) is 0. The van der Waals surface area contributed by atoms with Crippen LogP contribution in [0.1, 0.15) is 6.42 Å². The summed E-state index contributed by atoms with van der Waals surface area (Å²) in [5, 5.41) is 0. The van der Waals surface area contributed by atoms with Crippen molar-refractivity contribution in [2.75, 3.05) is 34.7 Å². The van der Waals surface area contributed by atoms with Crippen molar-refractivity contribution in [2.24, 2.45) is 0 Å². The van der Waals surface area contributed by atoms with Gasteiger partial charge >= 0.3 is 0 Å². The van der Waals surface area contributed by atoms with Crippen molar-refractivity contribution in [1.29, 1.82) is 0 Å². The van der Waals surface area contributed by atoms with Gasteiger partial charge in [-0.15, -0.1) is 0 Å². The first-order valence-corrected chi connectivity index (χ1v) is 4.14. The molecular weight excluding hydrogens is 172 g/mol. The summed E-state index contributed by atoms with van der Waals surface area (Å²) in [4.78, 5) is 0. The van der Waals surface area contributed by atoms with E-state index in [-0.39, 0.29) is 6.29 Å². The number of ether oxygens (including phenoxy) is 4. The quantitative estimate of drug-likeness (QED) is 0.327. The third-order valence-electron chi connectivity index (χ3n) is 1.39. The van der Waals surface area contributed by atoms with Gasteiger partial charge in [-0.25, -0.2) is 0 Å². The predicted molar refractivity (Wildman–Crippen MR) is 49.4 cm³/mol. The molecular formula is C9H18O4. The molecule has 0 radical (unpaired) electrons. The highest BCUT2D eigenvalue weighted by Crippen LogP contribution is 1.94. The van der Waals surface area contributed by atoms with Crippen molar-refractivity contribution in [3.8, 4) is 0 Å². The molecule has 0 aromatic carbocycles. The van der Waals surface area contributed by atoms with Gasteiger partial charge in [-0.05, 0) is 12.5 Å². The van der Waals surface area contributed by atoms with Crippen LogP contribution < -0.4 is 0 Å². The SMILES string of the molecule is COCOCC/C=C\C(OC)OC. The van der Waals surface area contributed by atoms with Gasteiger partial charge < -0.3 is 18.9 Å². The first-order chi connectivity index (χ1) is 6.35. The van der Waals surface area contributed by atoms with Gasteiger partial charge in [0, 0.05) is 21.3 Å². The molecule has 0 unspecified atom stereocenters. The van der Waals surface area contributed by atoms with Crippen molar-refractivity contribution in [3.63, 3.8) is 0 Å². The van der Waals surface area contributed by atoms with Crippen molar-refractivity contribution >= 4 is 0 Å². The minimum absolute atomic E-state index is 0.262. The molecule has 0 heterocycles. The van der Waals surface area contributed by atoms with Gasteiger partial charge in [0.1, 0.15) is 6.79 Å². The molecule has 0 atom stereocenters. The topological polar surface area (TPSA) is 36.9 Å². The lowest BCUT2D eigenvalue weighted by molar-refractivity contribution is -0.0669. The van der Waals surface area contributed by atoms with Crippen LogP contribution in [0.3, 0.4) is 0 Å². The molecule has 0 fully saturated rings. The predicted octanol–water partition coefficient (Wildman–Crippen LogP) is 1.17. The van der Waals surface area contributed by atoms with Crippen LogP contribution in [-0.4, -0.2) is 41.0 Å². The van der Waals surface area contributed by atoms with Gasteiger partial charge in [0.2, 0.25) is 0 Å². The van der Waals surface area contributed by atoms with E-state index in [4.69, 9.17) is 18.9 Å². The molecule has 4 heteroatoms. The Labute approximate surface area is 79.4 Å². The first kappa shape index (κ1) is 12.6. The zero-order valence-corrected chi connectivity index (χ0v) is 8.49. The first-order valence-electron chi connectivity index (χ1n) is 4.14. The Balaban J connectivity index is 3.28. The fraction of sp³-hybridized carbons (Fsp3) is 0.778. The fourth-order valence-corrected chi connectivity index (χ4v) is 0.754. The molecule has 0 aromatic rings. The van der Waals surface area contributed by atoms with Gasteiger partial charge in [-0.1, -0.05) is 6.08 Å². The molecule has 0 amide bonds. The summed E-state index contributed by atoms with van der Waals surface area (Å²) in [7, 11) is 4.79. The molecule has 0 N–H and O–H groups in total. The molecule has 0 saturated heterocycles. The Bertz CT molecular complexity index is 121. The second-order valence-electron chi connectivity index (χ2n) is 2.37. The minimum Gasteiger partial charge on any atom is -0.359 e. The number of methoxy groups -OCH3 is 3. The molecule has 0 aliphatic rings. The summed E-state index contributed by atoms with van der Waals surface area (Å²) in [6.07, 6.45) is 4.36. The standard InChI is InChI=1S/C9H18O4/c1-10-8-13-7-5-4-6-9(11-2)12-3/h4,6,9H,5,7-8H2,1-3H3/b6-4-. The van der Waals surface area contributed by atoms with E-state index in [1.807, 2.05) is 12.2 Å². The number of rotatable bonds is 8. The van der Waals surface area contributed by atoms with Crippen molar-refractivity contribution in [3.05, 3.63) is 12.2 Å². The van der Waals surface area contributed by atoms with Crippen molar-refractivity contribution in [1.82, 2.24) is 0 Å². The second kappa shape index (κ2) is 9.67. The third-order valence-corrected chi connectivity index (χ3v) is 1.39. The number of hydrogen-bond acceptors (Lipinski definition) is 4. The fourth-order valence-electron chi connectivity index (χ4n) is 0.754. The van der Waals surface area contributed by atoms with Crippen LogP contribution in [0.2, 0.25) is 0 Å². The van der Waals surface area contributed by atoms with Crippen LogP contribution in [0.4, 0.5) is 0 Å². The molecule has 0 aromatic heterocycles. The maximum Gasteiger partial charge on any atom is 0.176 e. The van der Waals surface area contributed by atoms with Gasteiger partial charge in [0.25, 0.3) is 0 Å². The monoisotopic (exact) mass is 190 g/mol. The van der Waals surface area contributed by atoms with Crippen LogP contribution in [0.5, 0.6) is 0 Å². The minimum atomic E-state index is -0.262. The molecule has 4 nitrogen and oxygen atoms in total. The van der Waals surface area contributed by atoms with E-state index in [1.165, 1.54) is 0 Å². The smallest absolute Gasteiger partial charge is 0.176 e. The summed E-state index contributed by atoms with van der Waals surface area (Å²) >= 11 is 0. The molecule has 0 aliphatic carbocycles. The maximum absolute atomic E-state index is 5.08. The van der Waals surface area contributed by atoms with Crippen molar-refractivity contribution < 1.29 is 18.9 Å². The van der Waals surface area contributed by atoms with Crippen LogP contribution in [0, 0.1) is 0 Å². The average Bonchev–Trinajstić information content (AvgIpc) is 2.17. The summed E-state index contributed by atoms with van der Waals surface area (Å²) in [5.41, 5.74) is 0. The van der Waals surface area contributed by atoms with E-state index in [0.717, 1.165) is 6.42 Å². The summed E-state index contributed by atoms with van der Waals surface area (Å²) in [6.45, 7) is 0.982. The van der Waals surface area contributed by atoms with Gasteiger partial charge in [0.05, 0.1) is 6.61 Å². The summed E-state index contributed by atoms with van der Waals surface area (Å²) in [5.74, 6) is 0. The Hall–Kier alpha value is -0.420. The highest BCUT2D eigenvalue weighted by Gasteiger charge is 1.95. The molecule has 0 spiro atoms. The van der Waals surface area contributed by atoms with Crippen LogP contribution in [0.15, 0.2) is 12.2 Å². The van der Waals surface area contributed by atoms with E-state index in [9.17, 15) is 0 Å².